The van der Waals surface area contributed by atoms with Gasteiger partial charge in [-0.05, 0) is 36.2 Å². The Hall–Kier alpha value is -2.16. The second-order valence-corrected chi connectivity index (χ2v) is 4.48. The van der Waals surface area contributed by atoms with E-state index in [4.69, 9.17) is 9.47 Å². The van der Waals surface area contributed by atoms with E-state index in [0.717, 1.165) is 30.2 Å². The van der Waals surface area contributed by atoms with Gasteiger partial charge in [-0.1, -0.05) is 31.2 Å². The summed E-state index contributed by atoms with van der Waals surface area (Å²) < 4.78 is 11.1. The fourth-order valence-corrected chi connectivity index (χ4v) is 1.96. The van der Waals surface area contributed by atoms with E-state index in [0.29, 0.717) is 6.61 Å². The van der Waals surface area contributed by atoms with Gasteiger partial charge in [0.05, 0.1) is 7.11 Å². The van der Waals surface area contributed by atoms with Crippen molar-refractivity contribution >= 4 is 5.69 Å². The monoisotopic (exact) mass is 271 g/mol. The summed E-state index contributed by atoms with van der Waals surface area (Å²) in [6.07, 6.45) is 0.992. The van der Waals surface area contributed by atoms with Crippen LogP contribution in [0, 0.1) is 0 Å². The van der Waals surface area contributed by atoms with Gasteiger partial charge in [0.15, 0.2) is 11.5 Å². The standard InChI is InChI=1S/C17H21NO2/c1-3-14-9-10-16(17(13-14)19-2)20-12-11-18-15-7-5-4-6-8-15/h4-10,13,18H,3,11-12H2,1-2H3. The maximum Gasteiger partial charge on any atom is 0.161 e. The average Bonchev–Trinajstić information content (AvgIpc) is 2.52. The quantitative estimate of drug-likeness (QED) is 0.778. The van der Waals surface area contributed by atoms with Gasteiger partial charge >= 0.3 is 0 Å². The fourth-order valence-electron chi connectivity index (χ4n) is 1.96. The number of hydrogen-bond acceptors (Lipinski definition) is 3. The molecular formula is C17H21NO2. The van der Waals surface area contributed by atoms with Crippen molar-refractivity contribution in [3.63, 3.8) is 0 Å². The molecule has 0 aromatic heterocycles. The third-order valence-corrected chi connectivity index (χ3v) is 3.10. The van der Waals surface area contributed by atoms with Crippen LogP contribution < -0.4 is 14.8 Å². The molecule has 106 valence electrons. The highest BCUT2D eigenvalue weighted by atomic mass is 16.5. The van der Waals surface area contributed by atoms with E-state index in [1.165, 1.54) is 5.56 Å². The van der Waals surface area contributed by atoms with Gasteiger partial charge in [0.2, 0.25) is 0 Å². The van der Waals surface area contributed by atoms with Crippen LogP contribution in [0.5, 0.6) is 11.5 Å². The highest BCUT2D eigenvalue weighted by Crippen LogP contribution is 2.28. The number of para-hydroxylation sites is 1. The van der Waals surface area contributed by atoms with Crippen molar-refractivity contribution in [1.29, 1.82) is 0 Å². The van der Waals surface area contributed by atoms with Gasteiger partial charge in [0, 0.05) is 12.2 Å². The number of anilines is 1. The summed E-state index contributed by atoms with van der Waals surface area (Å²) in [5.41, 5.74) is 2.35. The van der Waals surface area contributed by atoms with Crippen molar-refractivity contribution < 1.29 is 9.47 Å². The largest absolute Gasteiger partial charge is 0.493 e. The number of nitrogens with one attached hydrogen (secondary N) is 1. The van der Waals surface area contributed by atoms with E-state index < -0.39 is 0 Å². The van der Waals surface area contributed by atoms with E-state index in [1.807, 2.05) is 42.5 Å². The first-order valence-electron chi connectivity index (χ1n) is 6.92. The number of hydrogen-bond donors (Lipinski definition) is 1. The van der Waals surface area contributed by atoms with E-state index in [9.17, 15) is 0 Å². The number of aryl methyl sites for hydroxylation is 1. The molecule has 20 heavy (non-hydrogen) atoms. The van der Waals surface area contributed by atoms with Crippen molar-refractivity contribution in [3.05, 3.63) is 54.1 Å². The molecule has 0 radical (unpaired) electrons. The fraction of sp³-hybridized carbons (Fsp3) is 0.294. The Morgan fingerprint density at radius 3 is 2.50 bits per heavy atom. The zero-order valence-corrected chi connectivity index (χ0v) is 12.1. The summed E-state index contributed by atoms with van der Waals surface area (Å²) in [4.78, 5) is 0. The minimum absolute atomic E-state index is 0.594. The second-order valence-electron chi connectivity index (χ2n) is 4.48. The van der Waals surface area contributed by atoms with Crippen molar-refractivity contribution in [2.45, 2.75) is 13.3 Å². The van der Waals surface area contributed by atoms with Crippen LogP contribution in [0.4, 0.5) is 5.69 Å². The highest BCUT2D eigenvalue weighted by molar-refractivity contribution is 5.44. The summed E-state index contributed by atoms with van der Waals surface area (Å²) in [6, 6.07) is 16.2. The summed E-state index contributed by atoms with van der Waals surface area (Å²) in [7, 11) is 1.67. The molecule has 2 rings (SSSR count). The first kappa shape index (κ1) is 14.3. The third-order valence-electron chi connectivity index (χ3n) is 3.10. The molecule has 0 aliphatic carbocycles. The number of ether oxygens (including phenoxy) is 2. The van der Waals surface area contributed by atoms with Gasteiger partial charge < -0.3 is 14.8 Å². The Morgan fingerprint density at radius 1 is 1.00 bits per heavy atom. The molecule has 2 aromatic carbocycles. The highest BCUT2D eigenvalue weighted by Gasteiger charge is 2.04. The number of rotatable bonds is 7. The molecule has 0 saturated heterocycles. The van der Waals surface area contributed by atoms with Crippen LogP contribution in [-0.4, -0.2) is 20.3 Å². The smallest absolute Gasteiger partial charge is 0.161 e. The van der Waals surface area contributed by atoms with Crippen LogP contribution in [0.2, 0.25) is 0 Å². The Kier molecular flexibility index (Phi) is 5.30. The average molecular weight is 271 g/mol. The van der Waals surface area contributed by atoms with Gasteiger partial charge in [0.1, 0.15) is 6.61 Å². The zero-order chi connectivity index (χ0) is 14.2. The normalized spacial score (nSPS) is 10.1. The summed E-state index contributed by atoms with van der Waals surface area (Å²) in [5.74, 6) is 1.59. The minimum Gasteiger partial charge on any atom is -0.493 e. The van der Waals surface area contributed by atoms with Crippen LogP contribution >= 0.6 is 0 Å². The Labute approximate surface area is 120 Å². The molecule has 1 N–H and O–H groups in total. The molecule has 0 unspecified atom stereocenters. The lowest BCUT2D eigenvalue weighted by Crippen LogP contribution is -2.11. The summed E-state index contributed by atoms with van der Waals surface area (Å²) in [5, 5.41) is 3.31. The molecule has 0 aliphatic rings. The SMILES string of the molecule is CCc1ccc(OCCNc2ccccc2)c(OC)c1. The molecule has 0 amide bonds. The molecule has 2 aromatic rings. The molecule has 3 heteroatoms. The van der Waals surface area contributed by atoms with E-state index in [2.05, 4.69) is 18.3 Å². The lowest BCUT2D eigenvalue weighted by atomic mass is 10.1. The predicted octanol–water partition coefficient (Wildman–Crippen LogP) is 3.75. The molecular weight excluding hydrogens is 250 g/mol. The van der Waals surface area contributed by atoms with Crippen LogP contribution in [0.25, 0.3) is 0 Å². The van der Waals surface area contributed by atoms with Crippen LogP contribution in [0.3, 0.4) is 0 Å². The number of benzene rings is 2. The van der Waals surface area contributed by atoms with Crippen molar-refractivity contribution in [2.24, 2.45) is 0 Å². The van der Waals surface area contributed by atoms with Gasteiger partial charge in [-0.15, -0.1) is 0 Å². The maximum atomic E-state index is 5.76. The van der Waals surface area contributed by atoms with Crippen molar-refractivity contribution in [2.75, 3.05) is 25.6 Å². The Morgan fingerprint density at radius 2 is 1.80 bits per heavy atom. The lowest BCUT2D eigenvalue weighted by molar-refractivity contribution is 0.305. The second kappa shape index (κ2) is 7.43. The number of methoxy groups -OCH3 is 1. The summed E-state index contributed by atoms with van der Waals surface area (Å²) in [6.45, 7) is 3.47. The molecule has 0 heterocycles. The van der Waals surface area contributed by atoms with E-state index >= 15 is 0 Å². The van der Waals surface area contributed by atoms with Crippen molar-refractivity contribution in [1.82, 2.24) is 0 Å². The molecule has 0 bridgehead atoms. The molecule has 0 atom stereocenters. The maximum absolute atomic E-state index is 5.76. The molecule has 0 spiro atoms. The van der Waals surface area contributed by atoms with Gasteiger partial charge in [0.25, 0.3) is 0 Å². The van der Waals surface area contributed by atoms with Gasteiger partial charge in [-0.2, -0.15) is 0 Å². The molecule has 0 saturated carbocycles. The Balaban J connectivity index is 1.85. The Bertz CT molecular complexity index is 526. The van der Waals surface area contributed by atoms with Crippen molar-refractivity contribution in [3.8, 4) is 11.5 Å². The van der Waals surface area contributed by atoms with Gasteiger partial charge in [-0.3, -0.25) is 0 Å². The predicted molar refractivity (Wildman–Crippen MR) is 82.8 cm³/mol. The molecule has 0 aliphatic heterocycles. The summed E-state index contributed by atoms with van der Waals surface area (Å²) >= 11 is 0. The lowest BCUT2D eigenvalue weighted by Gasteiger charge is -2.12. The molecule has 0 fully saturated rings. The van der Waals surface area contributed by atoms with E-state index in [-0.39, 0.29) is 0 Å². The zero-order valence-electron chi connectivity index (χ0n) is 12.1. The van der Waals surface area contributed by atoms with Crippen LogP contribution in [-0.2, 0) is 6.42 Å². The third kappa shape index (κ3) is 3.92. The van der Waals surface area contributed by atoms with Crippen LogP contribution in [0.1, 0.15) is 12.5 Å². The topological polar surface area (TPSA) is 30.5 Å². The minimum atomic E-state index is 0.594. The van der Waals surface area contributed by atoms with Gasteiger partial charge in [-0.25, -0.2) is 0 Å². The molecule has 3 nitrogen and oxygen atoms in total. The van der Waals surface area contributed by atoms with E-state index in [1.54, 1.807) is 7.11 Å². The van der Waals surface area contributed by atoms with Crippen LogP contribution in [0.15, 0.2) is 48.5 Å². The first-order valence-corrected chi connectivity index (χ1v) is 6.92. The first-order chi connectivity index (χ1) is 9.83.